The predicted molar refractivity (Wildman–Crippen MR) is 103 cm³/mol. The van der Waals surface area contributed by atoms with E-state index in [0.717, 1.165) is 89.4 Å². The van der Waals surface area contributed by atoms with Crippen LogP contribution >= 0.6 is 0 Å². The third-order valence-corrected chi connectivity index (χ3v) is 5.79. The van der Waals surface area contributed by atoms with Crippen molar-refractivity contribution >= 4 is 0 Å². The summed E-state index contributed by atoms with van der Waals surface area (Å²) >= 11 is 0. The maximum atomic E-state index is 10.7. The van der Waals surface area contributed by atoms with Crippen molar-refractivity contribution in [1.29, 1.82) is 0 Å². The van der Waals surface area contributed by atoms with Crippen molar-refractivity contribution in [3.8, 4) is 5.75 Å². The number of hydrogen-bond acceptors (Lipinski definition) is 5. The van der Waals surface area contributed by atoms with Crippen LogP contribution in [0.3, 0.4) is 0 Å². The van der Waals surface area contributed by atoms with E-state index in [1.807, 2.05) is 0 Å². The van der Waals surface area contributed by atoms with E-state index in [1.165, 1.54) is 0 Å². The second-order valence-electron chi connectivity index (χ2n) is 7.71. The highest BCUT2D eigenvalue weighted by atomic mass is 16.3. The highest BCUT2D eigenvalue weighted by molar-refractivity contribution is 5.40. The Labute approximate surface area is 152 Å². The van der Waals surface area contributed by atoms with Crippen LogP contribution in [0.5, 0.6) is 5.75 Å². The van der Waals surface area contributed by atoms with Crippen LogP contribution in [0.15, 0.2) is 18.2 Å². The summed E-state index contributed by atoms with van der Waals surface area (Å²) in [5.74, 6) is 0.533. The van der Waals surface area contributed by atoms with Gasteiger partial charge in [0.2, 0.25) is 0 Å². The number of para-hydroxylation sites is 1. The van der Waals surface area contributed by atoms with Gasteiger partial charge in [-0.05, 0) is 38.1 Å². The van der Waals surface area contributed by atoms with Gasteiger partial charge in [0, 0.05) is 65.4 Å². The van der Waals surface area contributed by atoms with Crippen LogP contribution in [-0.2, 0) is 12.8 Å². The van der Waals surface area contributed by atoms with Crippen LogP contribution in [0.2, 0.25) is 0 Å². The molecule has 1 N–H and O–H groups in total. The van der Waals surface area contributed by atoms with E-state index < -0.39 is 0 Å². The molecule has 0 atom stereocenters. The minimum Gasteiger partial charge on any atom is -0.507 e. The zero-order valence-electron chi connectivity index (χ0n) is 16.0. The van der Waals surface area contributed by atoms with Gasteiger partial charge in [-0.25, -0.2) is 0 Å². The van der Waals surface area contributed by atoms with Gasteiger partial charge in [0.05, 0.1) is 0 Å². The third-order valence-electron chi connectivity index (χ3n) is 5.79. The summed E-state index contributed by atoms with van der Waals surface area (Å²) in [6.07, 6.45) is 1.85. The number of aromatic hydroxyl groups is 1. The largest absolute Gasteiger partial charge is 0.507 e. The molecule has 140 valence electrons. The molecule has 3 heterocycles. The van der Waals surface area contributed by atoms with Crippen molar-refractivity contribution in [3.05, 3.63) is 29.3 Å². The van der Waals surface area contributed by atoms with Gasteiger partial charge >= 0.3 is 0 Å². The quantitative estimate of drug-likeness (QED) is 0.757. The number of rotatable bonds is 0. The Balaban J connectivity index is 1.86. The molecule has 1 aromatic rings. The average Bonchev–Trinajstić information content (AvgIpc) is 2.60. The second-order valence-corrected chi connectivity index (χ2v) is 7.71. The molecule has 5 nitrogen and oxygen atoms in total. The van der Waals surface area contributed by atoms with Crippen molar-refractivity contribution < 1.29 is 5.11 Å². The Morgan fingerprint density at radius 1 is 0.640 bits per heavy atom. The van der Waals surface area contributed by atoms with Gasteiger partial charge in [-0.3, -0.25) is 0 Å². The SMILES string of the molecule is CN1CCN2CCc3cccc(c3O)CCN(CC1)CCN(C)CC2. The predicted octanol–water partition coefficient (Wildman–Crippen LogP) is 0.972. The normalized spacial score (nSPS) is 27.9. The van der Waals surface area contributed by atoms with Gasteiger partial charge in [-0.1, -0.05) is 18.2 Å². The molecule has 0 saturated carbocycles. The van der Waals surface area contributed by atoms with E-state index >= 15 is 0 Å². The molecule has 5 heteroatoms. The topological polar surface area (TPSA) is 33.2 Å². The highest BCUT2D eigenvalue weighted by Gasteiger charge is 2.16. The summed E-state index contributed by atoms with van der Waals surface area (Å²) in [4.78, 5) is 10.1. The molecule has 1 fully saturated rings. The van der Waals surface area contributed by atoms with Crippen LogP contribution in [0.1, 0.15) is 11.1 Å². The zero-order valence-corrected chi connectivity index (χ0v) is 16.0. The molecule has 0 amide bonds. The van der Waals surface area contributed by atoms with Crippen LogP contribution in [-0.4, -0.2) is 104 Å². The first-order valence-corrected chi connectivity index (χ1v) is 9.73. The maximum Gasteiger partial charge on any atom is 0.122 e. The number of fused-ring (bicyclic) bond motifs is 10. The molecule has 4 rings (SSSR count). The molecular weight excluding hydrogens is 312 g/mol. The van der Waals surface area contributed by atoms with Gasteiger partial charge in [0.1, 0.15) is 5.75 Å². The van der Waals surface area contributed by atoms with Gasteiger partial charge in [-0.15, -0.1) is 0 Å². The Hall–Kier alpha value is -1.14. The first kappa shape index (κ1) is 18.6. The monoisotopic (exact) mass is 346 g/mol. The minimum absolute atomic E-state index is 0.533. The Morgan fingerprint density at radius 2 is 1.04 bits per heavy atom. The van der Waals surface area contributed by atoms with E-state index in [-0.39, 0.29) is 0 Å². The van der Waals surface area contributed by atoms with Gasteiger partial charge in [-0.2, -0.15) is 0 Å². The summed E-state index contributed by atoms with van der Waals surface area (Å²) in [6, 6.07) is 6.29. The Kier molecular flexibility index (Phi) is 6.70. The molecule has 0 spiro atoms. The summed E-state index contributed by atoms with van der Waals surface area (Å²) in [6.45, 7) is 10.9. The van der Waals surface area contributed by atoms with Crippen molar-refractivity contribution in [1.82, 2.24) is 19.6 Å². The van der Waals surface area contributed by atoms with Gasteiger partial charge in [0.25, 0.3) is 0 Å². The van der Waals surface area contributed by atoms with Crippen LogP contribution in [0, 0.1) is 0 Å². The molecule has 0 unspecified atom stereocenters. The lowest BCUT2D eigenvalue weighted by Gasteiger charge is -2.32. The lowest BCUT2D eigenvalue weighted by Crippen LogP contribution is -2.45. The number of nitrogens with zero attached hydrogens (tertiary/aromatic N) is 4. The number of likely N-dealkylation sites (N-methyl/N-ethyl adjacent to an activating group) is 2. The third kappa shape index (κ3) is 5.42. The first-order chi connectivity index (χ1) is 12.1. The molecule has 0 aromatic heterocycles. The van der Waals surface area contributed by atoms with Crippen LogP contribution in [0.4, 0.5) is 0 Å². The molecule has 0 aliphatic carbocycles. The summed E-state index contributed by atoms with van der Waals surface area (Å²) in [5.41, 5.74) is 2.20. The fourth-order valence-corrected chi connectivity index (χ4v) is 3.75. The van der Waals surface area contributed by atoms with Crippen molar-refractivity contribution in [3.63, 3.8) is 0 Å². The smallest absolute Gasteiger partial charge is 0.122 e. The second kappa shape index (κ2) is 8.99. The number of benzene rings is 1. The van der Waals surface area contributed by atoms with Crippen LogP contribution in [0.25, 0.3) is 0 Å². The van der Waals surface area contributed by atoms with Crippen molar-refractivity contribution in [2.45, 2.75) is 12.8 Å². The lowest BCUT2D eigenvalue weighted by molar-refractivity contribution is 0.154. The molecule has 4 bridgehead atoms. The van der Waals surface area contributed by atoms with Crippen molar-refractivity contribution in [2.75, 3.05) is 79.5 Å². The van der Waals surface area contributed by atoms with E-state index in [9.17, 15) is 5.11 Å². The zero-order chi connectivity index (χ0) is 17.6. The molecule has 3 aliphatic heterocycles. The average molecular weight is 347 g/mol. The first-order valence-electron chi connectivity index (χ1n) is 9.73. The molecule has 3 aliphatic rings. The Bertz CT molecular complexity index is 490. The summed E-state index contributed by atoms with van der Waals surface area (Å²) in [7, 11) is 4.49. The van der Waals surface area contributed by atoms with Crippen LogP contribution < -0.4 is 0 Å². The molecule has 1 saturated heterocycles. The molecule has 1 aromatic carbocycles. The fraction of sp³-hybridized carbons (Fsp3) is 0.700. The minimum atomic E-state index is 0.533. The van der Waals surface area contributed by atoms with Gasteiger partial charge < -0.3 is 24.7 Å². The lowest BCUT2D eigenvalue weighted by atomic mass is 10.0. The summed E-state index contributed by atoms with van der Waals surface area (Å²) < 4.78 is 0. The summed E-state index contributed by atoms with van der Waals surface area (Å²) in [5, 5.41) is 10.7. The maximum absolute atomic E-state index is 10.7. The molecular formula is C20H34N4O. The highest BCUT2D eigenvalue weighted by Crippen LogP contribution is 2.24. The van der Waals surface area contributed by atoms with E-state index in [2.05, 4.69) is 51.9 Å². The van der Waals surface area contributed by atoms with Gasteiger partial charge in [0.15, 0.2) is 0 Å². The Morgan fingerprint density at radius 3 is 1.44 bits per heavy atom. The molecule has 0 radical (unpaired) electrons. The number of hydrogen-bond donors (Lipinski definition) is 1. The standard InChI is InChI=1S/C20H34N4O/c1-21-10-14-23-8-6-18-4-3-5-19(20(18)25)7-9-24(15-11-21)17-13-22(2)12-16-23/h3-5,25H,6-17H2,1-2H3. The number of phenols is 1. The van der Waals surface area contributed by atoms with E-state index in [4.69, 9.17) is 0 Å². The van der Waals surface area contributed by atoms with E-state index in [1.54, 1.807) is 0 Å². The molecule has 25 heavy (non-hydrogen) atoms. The number of phenolic OH excluding ortho intramolecular Hbond substituents is 1. The fourth-order valence-electron chi connectivity index (χ4n) is 3.75. The van der Waals surface area contributed by atoms with E-state index in [0.29, 0.717) is 5.75 Å². The van der Waals surface area contributed by atoms with Crippen molar-refractivity contribution in [2.24, 2.45) is 0 Å².